The highest BCUT2D eigenvalue weighted by atomic mass is 16.2. The van der Waals surface area contributed by atoms with Crippen molar-refractivity contribution in [3.63, 3.8) is 0 Å². The number of aromatic nitrogens is 5. The lowest BCUT2D eigenvalue weighted by Crippen LogP contribution is -2.49. The molecule has 3 aromatic heterocycles. The van der Waals surface area contributed by atoms with Crippen molar-refractivity contribution in [2.75, 3.05) is 31.1 Å². The van der Waals surface area contributed by atoms with Crippen LogP contribution in [0.15, 0.2) is 67.6 Å². The van der Waals surface area contributed by atoms with Crippen LogP contribution in [0.1, 0.15) is 0 Å². The van der Waals surface area contributed by atoms with Crippen LogP contribution >= 0.6 is 0 Å². The molecule has 146 valence electrons. The van der Waals surface area contributed by atoms with Crippen LogP contribution < -0.4 is 4.90 Å². The predicted molar refractivity (Wildman–Crippen MR) is 110 cm³/mol. The number of carbonyl (C=O) groups excluding carboxylic acids is 1. The van der Waals surface area contributed by atoms with Gasteiger partial charge in [0.05, 0.1) is 0 Å². The van der Waals surface area contributed by atoms with E-state index in [2.05, 4.69) is 25.9 Å². The van der Waals surface area contributed by atoms with E-state index in [1.54, 1.807) is 18.9 Å². The van der Waals surface area contributed by atoms with Gasteiger partial charge in [0.2, 0.25) is 5.91 Å². The Bertz CT molecular complexity index is 1130. The maximum Gasteiger partial charge on any atom is 0.242 e. The van der Waals surface area contributed by atoms with E-state index in [1.165, 1.54) is 0 Å². The number of rotatable bonds is 4. The normalized spacial score (nSPS) is 14.5. The topological polar surface area (TPSA) is 72.1 Å². The first kappa shape index (κ1) is 17.4. The summed E-state index contributed by atoms with van der Waals surface area (Å²) in [6.45, 7) is 3.23. The minimum absolute atomic E-state index is 0.146. The number of benzene rings is 1. The van der Waals surface area contributed by atoms with Crippen LogP contribution in [0.3, 0.4) is 0 Å². The van der Waals surface area contributed by atoms with Crippen LogP contribution in [-0.4, -0.2) is 61.1 Å². The van der Waals surface area contributed by atoms with Crippen molar-refractivity contribution < 1.29 is 4.79 Å². The molecule has 0 spiro atoms. The van der Waals surface area contributed by atoms with E-state index in [1.807, 2.05) is 56.8 Å². The Balaban J connectivity index is 1.23. The van der Waals surface area contributed by atoms with Gasteiger partial charge in [-0.25, -0.2) is 15.0 Å². The summed E-state index contributed by atoms with van der Waals surface area (Å²) in [6.07, 6.45) is 8.85. The molecule has 1 aromatic carbocycles. The minimum Gasteiger partial charge on any atom is -0.353 e. The van der Waals surface area contributed by atoms with Crippen LogP contribution in [0.5, 0.6) is 0 Å². The van der Waals surface area contributed by atoms with E-state index in [-0.39, 0.29) is 5.91 Å². The number of carbonyl (C=O) groups is 1. The molecular formula is C21H21N7O. The van der Waals surface area contributed by atoms with Crippen molar-refractivity contribution in [1.29, 1.82) is 0 Å². The number of fused-ring (bicyclic) bond motifs is 1. The third kappa shape index (κ3) is 3.44. The van der Waals surface area contributed by atoms with Crippen molar-refractivity contribution in [2.24, 2.45) is 0 Å². The Morgan fingerprint density at radius 3 is 2.62 bits per heavy atom. The van der Waals surface area contributed by atoms with Gasteiger partial charge in [0.15, 0.2) is 0 Å². The molecule has 0 atom stereocenters. The number of amides is 1. The number of anilines is 1. The molecule has 1 amide bonds. The van der Waals surface area contributed by atoms with Gasteiger partial charge in [-0.1, -0.05) is 18.2 Å². The molecule has 0 saturated carbocycles. The fourth-order valence-electron chi connectivity index (χ4n) is 3.76. The summed E-state index contributed by atoms with van der Waals surface area (Å²) >= 11 is 0. The molecule has 1 saturated heterocycles. The third-order valence-corrected chi connectivity index (χ3v) is 5.35. The lowest BCUT2D eigenvalue weighted by molar-refractivity contribution is -0.132. The number of hydrogen-bond acceptors (Lipinski definition) is 5. The maximum absolute atomic E-state index is 12.8. The number of para-hydroxylation sites is 1. The van der Waals surface area contributed by atoms with Gasteiger partial charge in [-0.05, 0) is 17.5 Å². The largest absolute Gasteiger partial charge is 0.353 e. The average molecular weight is 387 g/mol. The molecule has 1 aliphatic heterocycles. The summed E-state index contributed by atoms with van der Waals surface area (Å²) in [4.78, 5) is 29.7. The third-order valence-electron chi connectivity index (χ3n) is 5.35. The second kappa shape index (κ2) is 7.38. The van der Waals surface area contributed by atoms with E-state index in [4.69, 9.17) is 0 Å². The predicted octanol–water partition coefficient (Wildman–Crippen LogP) is 1.97. The van der Waals surface area contributed by atoms with Gasteiger partial charge in [0, 0.05) is 56.4 Å². The van der Waals surface area contributed by atoms with Crippen molar-refractivity contribution in [1.82, 2.24) is 29.0 Å². The Morgan fingerprint density at radius 1 is 0.966 bits per heavy atom. The summed E-state index contributed by atoms with van der Waals surface area (Å²) < 4.78 is 3.87. The van der Waals surface area contributed by atoms with Crippen LogP contribution in [0.2, 0.25) is 0 Å². The van der Waals surface area contributed by atoms with Gasteiger partial charge in [-0.2, -0.15) is 0 Å². The zero-order valence-corrected chi connectivity index (χ0v) is 15.9. The maximum atomic E-state index is 12.8. The van der Waals surface area contributed by atoms with E-state index >= 15 is 0 Å². The minimum atomic E-state index is 0.146. The first-order valence-electron chi connectivity index (χ1n) is 9.65. The van der Waals surface area contributed by atoms with Gasteiger partial charge in [-0.3, -0.25) is 9.36 Å². The van der Waals surface area contributed by atoms with Crippen molar-refractivity contribution >= 4 is 22.6 Å². The molecule has 4 aromatic rings. The standard InChI is InChI=1S/C21H21N7O/c29-21(14-27-7-5-17-3-1-2-4-18(17)27)26-11-9-25(10-12-26)19-13-20(24-15-23-19)28-8-6-22-16-28/h1-8,13,15-16H,9-12,14H2. The summed E-state index contributed by atoms with van der Waals surface area (Å²) in [5, 5.41) is 1.16. The monoisotopic (exact) mass is 387 g/mol. The Hall–Kier alpha value is -3.68. The molecule has 0 N–H and O–H groups in total. The van der Waals surface area contributed by atoms with E-state index in [0.29, 0.717) is 19.6 Å². The van der Waals surface area contributed by atoms with E-state index < -0.39 is 0 Å². The summed E-state index contributed by atoms with van der Waals surface area (Å²) in [6, 6.07) is 12.1. The molecule has 8 nitrogen and oxygen atoms in total. The number of imidazole rings is 1. The first-order valence-corrected chi connectivity index (χ1v) is 9.65. The van der Waals surface area contributed by atoms with Crippen molar-refractivity contribution in [3.8, 4) is 5.82 Å². The smallest absolute Gasteiger partial charge is 0.242 e. The van der Waals surface area contributed by atoms with Crippen LogP contribution in [0, 0.1) is 0 Å². The summed E-state index contributed by atoms with van der Waals surface area (Å²) in [5.74, 6) is 1.80. The molecule has 0 radical (unpaired) electrons. The van der Waals surface area contributed by atoms with Crippen molar-refractivity contribution in [2.45, 2.75) is 6.54 Å². The average Bonchev–Trinajstić information content (AvgIpc) is 3.45. The molecule has 8 heteroatoms. The van der Waals surface area contributed by atoms with Crippen LogP contribution in [0.4, 0.5) is 5.82 Å². The van der Waals surface area contributed by atoms with Gasteiger partial charge >= 0.3 is 0 Å². The van der Waals surface area contributed by atoms with Gasteiger partial charge in [0.1, 0.15) is 30.8 Å². The van der Waals surface area contributed by atoms with Crippen LogP contribution in [-0.2, 0) is 11.3 Å². The fourth-order valence-corrected chi connectivity index (χ4v) is 3.76. The van der Waals surface area contributed by atoms with E-state index in [9.17, 15) is 4.79 Å². The molecule has 0 aliphatic carbocycles. The van der Waals surface area contributed by atoms with Crippen LogP contribution in [0.25, 0.3) is 16.7 Å². The quantitative estimate of drug-likeness (QED) is 0.535. The molecule has 29 heavy (non-hydrogen) atoms. The zero-order valence-electron chi connectivity index (χ0n) is 15.9. The van der Waals surface area contributed by atoms with Gasteiger partial charge in [0.25, 0.3) is 0 Å². The Morgan fingerprint density at radius 2 is 1.79 bits per heavy atom. The zero-order chi connectivity index (χ0) is 19.6. The lowest BCUT2D eigenvalue weighted by atomic mass is 10.2. The molecular weight excluding hydrogens is 366 g/mol. The van der Waals surface area contributed by atoms with Crippen molar-refractivity contribution in [3.05, 3.63) is 67.6 Å². The lowest BCUT2D eigenvalue weighted by Gasteiger charge is -2.35. The Kier molecular flexibility index (Phi) is 4.44. The highest BCUT2D eigenvalue weighted by Crippen LogP contribution is 2.18. The highest BCUT2D eigenvalue weighted by molar-refractivity contribution is 5.83. The molecule has 1 aliphatic rings. The second-order valence-electron chi connectivity index (χ2n) is 7.07. The van der Waals surface area contributed by atoms with Gasteiger partial charge in [-0.15, -0.1) is 0 Å². The highest BCUT2D eigenvalue weighted by Gasteiger charge is 2.22. The summed E-state index contributed by atoms with van der Waals surface area (Å²) in [7, 11) is 0. The number of hydrogen-bond donors (Lipinski definition) is 0. The SMILES string of the molecule is O=C(Cn1ccc2ccccc21)N1CCN(c2cc(-n3ccnc3)ncn2)CC1. The molecule has 0 bridgehead atoms. The Labute approximate surface area is 168 Å². The molecule has 4 heterocycles. The molecule has 5 rings (SSSR count). The first-order chi connectivity index (χ1) is 14.3. The van der Waals surface area contributed by atoms with Gasteiger partial charge < -0.3 is 14.4 Å². The second-order valence-corrected chi connectivity index (χ2v) is 7.07. The van der Waals surface area contributed by atoms with E-state index in [0.717, 1.165) is 35.6 Å². The number of piperazine rings is 1. The molecule has 1 fully saturated rings. The summed E-state index contributed by atoms with van der Waals surface area (Å²) in [5.41, 5.74) is 1.09. The number of nitrogens with zero attached hydrogens (tertiary/aromatic N) is 7. The molecule has 0 unspecified atom stereocenters. The fraction of sp³-hybridized carbons (Fsp3) is 0.238.